The lowest BCUT2D eigenvalue weighted by Crippen LogP contribution is -1.97. The normalized spacial score (nSPS) is 12.2. The standard InChI is InChI=1S/C14H20O2/c1-10(2)5-6-13-9-12(11(3)16-4)7-8-14(13)15/h5,7-9,11,15H,6H2,1-4H3/t11-/m1/s1. The zero-order chi connectivity index (χ0) is 12.1. The summed E-state index contributed by atoms with van der Waals surface area (Å²) in [6.45, 7) is 6.11. The molecule has 0 unspecified atom stereocenters. The number of benzene rings is 1. The molecule has 1 N–H and O–H groups in total. The molecule has 2 nitrogen and oxygen atoms in total. The van der Waals surface area contributed by atoms with E-state index in [9.17, 15) is 5.11 Å². The molecule has 0 radical (unpaired) electrons. The van der Waals surface area contributed by atoms with Crippen LogP contribution in [0.4, 0.5) is 0 Å². The highest BCUT2D eigenvalue weighted by Crippen LogP contribution is 2.24. The molecule has 0 aliphatic carbocycles. The zero-order valence-corrected chi connectivity index (χ0v) is 10.4. The number of hydrogen-bond acceptors (Lipinski definition) is 2. The minimum atomic E-state index is 0.0612. The molecule has 2 heteroatoms. The van der Waals surface area contributed by atoms with Crippen LogP contribution in [0.1, 0.15) is 38.0 Å². The molecule has 1 rings (SSSR count). The SMILES string of the molecule is CO[C@H](C)c1ccc(O)c(CC=C(C)C)c1. The summed E-state index contributed by atoms with van der Waals surface area (Å²) in [6.07, 6.45) is 2.93. The molecule has 0 amide bonds. The Labute approximate surface area is 97.6 Å². The van der Waals surface area contributed by atoms with Gasteiger partial charge >= 0.3 is 0 Å². The van der Waals surface area contributed by atoms with Crippen LogP contribution in [-0.2, 0) is 11.2 Å². The summed E-state index contributed by atoms with van der Waals surface area (Å²) in [5, 5.41) is 9.73. The van der Waals surface area contributed by atoms with Gasteiger partial charge in [-0.2, -0.15) is 0 Å². The molecule has 88 valence electrons. The lowest BCUT2D eigenvalue weighted by Gasteiger charge is -2.12. The molecular weight excluding hydrogens is 200 g/mol. The predicted octanol–water partition coefficient (Wildman–Crippen LogP) is 3.61. The van der Waals surface area contributed by atoms with E-state index < -0.39 is 0 Å². The molecule has 1 atom stereocenters. The van der Waals surface area contributed by atoms with Gasteiger partial charge in [0.1, 0.15) is 5.75 Å². The second-order valence-corrected chi connectivity index (χ2v) is 4.25. The minimum Gasteiger partial charge on any atom is -0.508 e. The van der Waals surface area contributed by atoms with E-state index in [1.54, 1.807) is 13.2 Å². The third-order valence-electron chi connectivity index (χ3n) is 2.66. The number of hydrogen-bond donors (Lipinski definition) is 1. The first-order chi connectivity index (χ1) is 7.54. The van der Waals surface area contributed by atoms with E-state index in [0.717, 1.165) is 17.5 Å². The van der Waals surface area contributed by atoms with Crippen molar-refractivity contribution in [3.8, 4) is 5.75 Å². The summed E-state index contributed by atoms with van der Waals surface area (Å²) >= 11 is 0. The van der Waals surface area contributed by atoms with Gasteiger partial charge in [0.2, 0.25) is 0 Å². The van der Waals surface area contributed by atoms with Crippen molar-refractivity contribution in [2.75, 3.05) is 7.11 Å². The van der Waals surface area contributed by atoms with Gasteiger partial charge in [0.05, 0.1) is 6.10 Å². The fourth-order valence-electron chi connectivity index (χ4n) is 1.47. The van der Waals surface area contributed by atoms with Gasteiger partial charge in [0, 0.05) is 7.11 Å². The van der Waals surface area contributed by atoms with Crippen molar-refractivity contribution >= 4 is 0 Å². The monoisotopic (exact) mass is 220 g/mol. The molecule has 0 aromatic heterocycles. The van der Waals surface area contributed by atoms with E-state index >= 15 is 0 Å². The van der Waals surface area contributed by atoms with E-state index in [4.69, 9.17) is 4.74 Å². The summed E-state index contributed by atoms with van der Waals surface area (Å²) in [7, 11) is 1.69. The fraction of sp³-hybridized carbons (Fsp3) is 0.429. The number of ether oxygens (including phenoxy) is 1. The van der Waals surface area contributed by atoms with E-state index in [-0.39, 0.29) is 6.10 Å². The minimum absolute atomic E-state index is 0.0612. The molecule has 1 aromatic rings. The van der Waals surface area contributed by atoms with Crippen LogP contribution in [0.2, 0.25) is 0 Å². The highest BCUT2D eigenvalue weighted by molar-refractivity contribution is 5.38. The van der Waals surface area contributed by atoms with Crippen LogP contribution in [0.15, 0.2) is 29.8 Å². The largest absolute Gasteiger partial charge is 0.508 e. The lowest BCUT2D eigenvalue weighted by atomic mass is 10.0. The third-order valence-corrected chi connectivity index (χ3v) is 2.66. The van der Waals surface area contributed by atoms with Gasteiger partial charge in [-0.05, 0) is 50.5 Å². The zero-order valence-electron chi connectivity index (χ0n) is 10.4. The number of rotatable bonds is 4. The van der Waals surface area contributed by atoms with E-state index in [2.05, 4.69) is 19.9 Å². The van der Waals surface area contributed by atoms with Crippen molar-refractivity contribution in [2.45, 2.75) is 33.3 Å². The quantitative estimate of drug-likeness (QED) is 0.785. The van der Waals surface area contributed by atoms with Crippen LogP contribution < -0.4 is 0 Å². The van der Waals surface area contributed by atoms with Crippen molar-refractivity contribution in [3.05, 3.63) is 41.0 Å². The summed E-state index contributed by atoms with van der Waals surface area (Å²) in [5.74, 6) is 0.351. The Morgan fingerprint density at radius 1 is 1.44 bits per heavy atom. The topological polar surface area (TPSA) is 29.5 Å². The van der Waals surface area contributed by atoms with Gasteiger partial charge < -0.3 is 9.84 Å². The summed E-state index contributed by atoms with van der Waals surface area (Å²) in [6, 6.07) is 5.64. The van der Waals surface area contributed by atoms with Crippen LogP contribution in [0, 0.1) is 0 Å². The van der Waals surface area contributed by atoms with Crippen LogP contribution >= 0.6 is 0 Å². The molecule has 0 bridgehead atoms. The maximum Gasteiger partial charge on any atom is 0.119 e. The highest BCUT2D eigenvalue weighted by atomic mass is 16.5. The smallest absolute Gasteiger partial charge is 0.119 e. The van der Waals surface area contributed by atoms with Gasteiger partial charge in [-0.25, -0.2) is 0 Å². The number of methoxy groups -OCH3 is 1. The van der Waals surface area contributed by atoms with Crippen molar-refractivity contribution in [2.24, 2.45) is 0 Å². The van der Waals surface area contributed by atoms with E-state index in [0.29, 0.717) is 5.75 Å². The third kappa shape index (κ3) is 3.38. The first-order valence-electron chi connectivity index (χ1n) is 5.52. The molecular formula is C14H20O2. The van der Waals surface area contributed by atoms with Gasteiger partial charge in [0.25, 0.3) is 0 Å². The summed E-state index contributed by atoms with van der Waals surface area (Å²) < 4.78 is 5.26. The molecule has 0 heterocycles. The Balaban J connectivity index is 2.94. The Kier molecular flexibility index (Phi) is 4.56. The molecule has 0 aliphatic heterocycles. The first-order valence-corrected chi connectivity index (χ1v) is 5.52. The van der Waals surface area contributed by atoms with Gasteiger partial charge in [-0.15, -0.1) is 0 Å². The number of phenolic OH excluding ortho intramolecular Hbond substituents is 1. The molecule has 1 aromatic carbocycles. The van der Waals surface area contributed by atoms with Crippen LogP contribution in [0.5, 0.6) is 5.75 Å². The maximum atomic E-state index is 9.73. The Hall–Kier alpha value is -1.28. The molecule has 0 saturated carbocycles. The molecule has 16 heavy (non-hydrogen) atoms. The Morgan fingerprint density at radius 2 is 2.12 bits per heavy atom. The van der Waals surface area contributed by atoms with Crippen molar-refractivity contribution < 1.29 is 9.84 Å². The predicted molar refractivity (Wildman–Crippen MR) is 66.7 cm³/mol. The van der Waals surface area contributed by atoms with Crippen molar-refractivity contribution in [1.29, 1.82) is 0 Å². The van der Waals surface area contributed by atoms with E-state index in [1.807, 2.05) is 19.1 Å². The molecule has 0 aliphatic rings. The van der Waals surface area contributed by atoms with Crippen LogP contribution in [0.3, 0.4) is 0 Å². The average Bonchev–Trinajstić information content (AvgIpc) is 2.26. The summed E-state index contributed by atoms with van der Waals surface area (Å²) in [5.41, 5.74) is 3.30. The Bertz CT molecular complexity index is 376. The number of phenols is 1. The Morgan fingerprint density at radius 3 is 2.69 bits per heavy atom. The summed E-state index contributed by atoms with van der Waals surface area (Å²) in [4.78, 5) is 0. The van der Waals surface area contributed by atoms with Gasteiger partial charge in [-0.3, -0.25) is 0 Å². The van der Waals surface area contributed by atoms with Crippen LogP contribution in [-0.4, -0.2) is 12.2 Å². The van der Waals surface area contributed by atoms with Crippen molar-refractivity contribution in [3.63, 3.8) is 0 Å². The average molecular weight is 220 g/mol. The van der Waals surface area contributed by atoms with Gasteiger partial charge in [0.15, 0.2) is 0 Å². The molecule has 0 fully saturated rings. The molecule has 0 spiro atoms. The number of aromatic hydroxyl groups is 1. The maximum absolute atomic E-state index is 9.73. The van der Waals surface area contributed by atoms with E-state index in [1.165, 1.54) is 5.57 Å². The van der Waals surface area contributed by atoms with Gasteiger partial charge in [-0.1, -0.05) is 17.7 Å². The fourth-order valence-corrected chi connectivity index (χ4v) is 1.47. The molecule has 0 saturated heterocycles. The first kappa shape index (κ1) is 12.8. The second kappa shape index (κ2) is 5.71. The lowest BCUT2D eigenvalue weighted by molar-refractivity contribution is 0.119. The van der Waals surface area contributed by atoms with Crippen LogP contribution in [0.25, 0.3) is 0 Å². The second-order valence-electron chi connectivity index (χ2n) is 4.25. The van der Waals surface area contributed by atoms with Crippen molar-refractivity contribution in [1.82, 2.24) is 0 Å². The highest BCUT2D eigenvalue weighted by Gasteiger charge is 2.07. The number of allylic oxidation sites excluding steroid dienone is 2.